The van der Waals surface area contributed by atoms with Crippen molar-refractivity contribution < 1.29 is 9.53 Å². The summed E-state index contributed by atoms with van der Waals surface area (Å²) in [6.45, 7) is 2.70. The van der Waals surface area contributed by atoms with Gasteiger partial charge in [0.15, 0.2) is 0 Å². The lowest BCUT2D eigenvalue weighted by Crippen LogP contribution is -2.41. The Morgan fingerprint density at radius 1 is 1.33 bits per heavy atom. The number of hydrogen-bond acceptors (Lipinski definition) is 4. The van der Waals surface area contributed by atoms with E-state index in [4.69, 9.17) is 16.2 Å². The minimum Gasteiger partial charge on any atom is -0.399 e. The van der Waals surface area contributed by atoms with Crippen LogP contribution >= 0.6 is 0 Å². The second kappa shape index (κ2) is 5.27. The van der Waals surface area contributed by atoms with Crippen LogP contribution in [0.4, 0.5) is 11.4 Å². The highest BCUT2D eigenvalue weighted by Crippen LogP contribution is 2.16. The van der Waals surface area contributed by atoms with Crippen LogP contribution in [-0.2, 0) is 4.74 Å². The van der Waals surface area contributed by atoms with Crippen LogP contribution < -0.4 is 16.8 Å². The topological polar surface area (TPSA) is 90.4 Å². The van der Waals surface area contributed by atoms with Gasteiger partial charge in [0.1, 0.15) is 0 Å². The number of nitrogens with two attached hydrogens (primary N) is 2. The van der Waals surface area contributed by atoms with Crippen molar-refractivity contribution in [2.24, 2.45) is 0 Å². The molecule has 2 unspecified atom stereocenters. The number of hydrogen-bond donors (Lipinski definition) is 3. The molecule has 0 saturated carbocycles. The van der Waals surface area contributed by atoms with E-state index in [0.29, 0.717) is 23.5 Å². The quantitative estimate of drug-likeness (QED) is 0.686. The number of carbonyl (C=O) groups excluding carboxylic acids is 1. The van der Waals surface area contributed by atoms with Gasteiger partial charge in [-0.2, -0.15) is 0 Å². The molecular formula is C13H19N3O2. The van der Waals surface area contributed by atoms with Crippen molar-refractivity contribution in [3.8, 4) is 0 Å². The van der Waals surface area contributed by atoms with Crippen LogP contribution in [0.5, 0.6) is 0 Å². The van der Waals surface area contributed by atoms with Gasteiger partial charge in [0, 0.05) is 29.6 Å². The van der Waals surface area contributed by atoms with Gasteiger partial charge >= 0.3 is 0 Å². The maximum absolute atomic E-state index is 12.1. The average Bonchev–Trinajstić information content (AvgIpc) is 2.27. The van der Waals surface area contributed by atoms with Crippen molar-refractivity contribution in [3.05, 3.63) is 23.8 Å². The van der Waals surface area contributed by atoms with E-state index >= 15 is 0 Å². The molecule has 2 atom stereocenters. The Morgan fingerprint density at radius 3 is 2.61 bits per heavy atom. The van der Waals surface area contributed by atoms with Crippen LogP contribution in [0.25, 0.3) is 0 Å². The molecule has 1 aliphatic rings. The molecule has 0 aromatic heterocycles. The predicted octanol–water partition coefficient (Wildman–Crippen LogP) is 1.15. The predicted molar refractivity (Wildman–Crippen MR) is 71.2 cm³/mol. The lowest BCUT2D eigenvalue weighted by molar-refractivity contribution is 0.0136. The largest absolute Gasteiger partial charge is 0.399 e. The van der Waals surface area contributed by atoms with Gasteiger partial charge in [0.25, 0.3) is 5.91 Å². The minimum absolute atomic E-state index is 0.131. The van der Waals surface area contributed by atoms with E-state index in [1.54, 1.807) is 18.2 Å². The molecule has 18 heavy (non-hydrogen) atoms. The number of anilines is 2. The third-order valence-electron chi connectivity index (χ3n) is 3.06. The van der Waals surface area contributed by atoms with E-state index in [-0.39, 0.29) is 18.1 Å². The van der Waals surface area contributed by atoms with Gasteiger partial charge in [-0.1, -0.05) is 0 Å². The van der Waals surface area contributed by atoms with E-state index < -0.39 is 0 Å². The Hall–Kier alpha value is -1.75. The molecule has 0 spiro atoms. The van der Waals surface area contributed by atoms with Gasteiger partial charge in [-0.15, -0.1) is 0 Å². The second-order valence-electron chi connectivity index (χ2n) is 4.76. The monoisotopic (exact) mass is 249 g/mol. The molecule has 1 aliphatic heterocycles. The summed E-state index contributed by atoms with van der Waals surface area (Å²) in [6.07, 6.45) is 1.87. The molecule has 1 aromatic rings. The number of carbonyl (C=O) groups is 1. The average molecular weight is 249 g/mol. The van der Waals surface area contributed by atoms with Crippen LogP contribution in [0, 0.1) is 0 Å². The van der Waals surface area contributed by atoms with Crippen LogP contribution in [0.2, 0.25) is 0 Å². The number of benzene rings is 1. The molecule has 0 bridgehead atoms. The highest BCUT2D eigenvalue weighted by atomic mass is 16.5. The lowest BCUT2D eigenvalue weighted by atomic mass is 10.0. The van der Waals surface area contributed by atoms with E-state index in [1.165, 1.54) is 0 Å². The molecule has 1 fully saturated rings. The molecule has 5 heteroatoms. The Morgan fingerprint density at radius 2 is 2.00 bits per heavy atom. The van der Waals surface area contributed by atoms with E-state index in [9.17, 15) is 4.79 Å². The fraction of sp³-hybridized carbons (Fsp3) is 0.462. The molecule has 2 rings (SSSR count). The van der Waals surface area contributed by atoms with Crippen molar-refractivity contribution in [3.63, 3.8) is 0 Å². The summed E-state index contributed by atoms with van der Waals surface area (Å²) in [5, 5.41) is 2.99. The smallest absolute Gasteiger partial charge is 0.251 e. The number of rotatable bonds is 2. The Bertz CT molecular complexity index is 428. The van der Waals surface area contributed by atoms with Crippen molar-refractivity contribution in [1.82, 2.24) is 5.32 Å². The molecule has 1 heterocycles. The SMILES string of the molecule is CC1CC(NC(=O)c2cc(N)cc(N)c2)CCO1. The van der Waals surface area contributed by atoms with Crippen molar-refractivity contribution in [2.75, 3.05) is 18.1 Å². The summed E-state index contributed by atoms with van der Waals surface area (Å²) in [7, 11) is 0. The zero-order valence-electron chi connectivity index (χ0n) is 10.5. The van der Waals surface area contributed by atoms with Gasteiger partial charge in [-0.25, -0.2) is 0 Å². The van der Waals surface area contributed by atoms with Crippen LogP contribution in [0.3, 0.4) is 0 Å². The zero-order valence-corrected chi connectivity index (χ0v) is 10.5. The first-order chi connectivity index (χ1) is 8.54. The highest BCUT2D eigenvalue weighted by Gasteiger charge is 2.21. The number of amides is 1. The van der Waals surface area contributed by atoms with E-state index in [2.05, 4.69) is 5.32 Å². The van der Waals surface area contributed by atoms with Crippen molar-refractivity contribution in [1.29, 1.82) is 0 Å². The Labute approximate surface area is 106 Å². The molecule has 5 N–H and O–H groups in total. The molecule has 98 valence electrons. The summed E-state index contributed by atoms with van der Waals surface area (Å²) in [5.74, 6) is -0.131. The second-order valence-corrected chi connectivity index (χ2v) is 4.76. The first-order valence-electron chi connectivity index (χ1n) is 6.13. The van der Waals surface area contributed by atoms with Gasteiger partial charge in [0.05, 0.1) is 6.10 Å². The summed E-state index contributed by atoms with van der Waals surface area (Å²) in [5.41, 5.74) is 12.9. The summed E-state index contributed by atoms with van der Waals surface area (Å²) in [6, 6.07) is 5.06. The zero-order chi connectivity index (χ0) is 13.1. The minimum atomic E-state index is -0.131. The molecule has 5 nitrogen and oxygen atoms in total. The van der Waals surface area contributed by atoms with E-state index in [1.807, 2.05) is 6.92 Å². The first kappa shape index (κ1) is 12.7. The van der Waals surface area contributed by atoms with Crippen molar-refractivity contribution >= 4 is 17.3 Å². The molecular weight excluding hydrogens is 230 g/mol. The third-order valence-corrected chi connectivity index (χ3v) is 3.06. The lowest BCUT2D eigenvalue weighted by Gasteiger charge is -2.28. The Kier molecular flexibility index (Phi) is 3.72. The number of nitrogens with one attached hydrogen (secondary N) is 1. The molecule has 0 radical (unpaired) electrons. The van der Waals surface area contributed by atoms with Crippen LogP contribution in [0.1, 0.15) is 30.1 Å². The third kappa shape index (κ3) is 3.13. The summed E-state index contributed by atoms with van der Waals surface area (Å²) in [4.78, 5) is 12.1. The maximum atomic E-state index is 12.1. The van der Waals surface area contributed by atoms with Gasteiger partial charge in [-0.3, -0.25) is 4.79 Å². The van der Waals surface area contributed by atoms with E-state index in [0.717, 1.165) is 12.8 Å². The summed E-state index contributed by atoms with van der Waals surface area (Å²) < 4.78 is 5.44. The van der Waals surface area contributed by atoms with Crippen LogP contribution in [-0.4, -0.2) is 24.7 Å². The molecule has 1 amide bonds. The molecule has 0 aliphatic carbocycles. The van der Waals surface area contributed by atoms with Crippen LogP contribution in [0.15, 0.2) is 18.2 Å². The van der Waals surface area contributed by atoms with Gasteiger partial charge in [-0.05, 0) is 38.0 Å². The maximum Gasteiger partial charge on any atom is 0.251 e. The normalized spacial score (nSPS) is 23.6. The van der Waals surface area contributed by atoms with Gasteiger partial charge in [0.2, 0.25) is 0 Å². The number of ether oxygens (including phenoxy) is 1. The summed E-state index contributed by atoms with van der Waals surface area (Å²) >= 11 is 0. The standard InChI is InChI=1S/C13H19N3O2/c1-8-4-12(2-3-18-8)16-13(17)9-5-10(14)7-11(15)6-9/h5-8,12H,2-4,14-15H2,1H3,(H,16,17). The first-order valence-corrected chi connectivity index (χ1v) is 6.13. The molecule has 1 aromatic carbocycles. The fourth-order valence-corrected chi connectivity index (χ4v) is 2.21. The van der Waals surface area contributed by atoms with Crippen molar-refractivity contribution in [2.45, 2.75) is 31.9 Å². The molecule has 1 saturated heterocycles. The van der Waals surface area contributed by atoms with Gasteiger partial charge < -0.3 is 21.5 Å². The highest BCUT2D eigenvalue weighted by molar-refractivity contribution is 5.96. The fourth-order valence-electron chi connectivity index (χ4n) is 2.21. The Balaban J connectivity index is 2.02. The number of nitrogen functional groups attached to an aromatic ring is 2.